The van der Waals surface area contributed by atoms with E-state index in [1.54, 1.807) is 0 Å². The van der Waals surface area contributed by atoms with Crippen LogP contribution in [0.4, 0.5) is 0 Å². The molecule has 4 heterocycles. The van der Waals surface area contributed by atoms with Gasteiger partial charge in [0, 0.05) is 5.92 Å². The maximum atomic E-state index is 10.9. The van der Waals surface area contributed by atoms with Gasteiger partial charge in [0.2, 0.25) is 0 Å². The number of allylic oxidation sites excluding steroid dienone is 2. The van der Waals surface area contributed by atoms with Gasteiger partial charge in [-0.2, -0.15) is 0 Å². The van der Waals surface area contributed by atoms with E-state index in [9.17, 15) is 71.5 Å². The van der Waals surface area contributed by atoms with E-state index >= 15 is 0 Å². The molecule has 0 spiro atoms. The molecule has 5 fully saturated rings. The summed E-state index contributed by atoms with van der Waals surface area (Å²) in [5, 5.41) is 143. The van der Waals surface area contributed by atoms with Gasteiger partial charge in [-0.1, -0.05) is 25.2 Å². The summed E-state index contributed by atoms with van der Waals surface area (Å²) in [7, 11) is 0. The van der Waals surface area contributed by atoms with Gasteiger partial charge in [-0.05, 0) is 43.9 Å². The third-order valence-electron chi connectivity index (χ3n) is 13.3. The van der Waals surface area contributed by atoms with Gasteiger partial charge in [0.1, 0.15) is 110 Å². The molecule has 61 heavy (non-hydrogen) atoms. The molecule has 4 saturated heterocycles. The minimum Gasteiger partial charge on any atom is -0.495 e. The number of aliphatic hydroxyl groups is 14. The van der Waals surface area contributed by atoms with E-state index in [4.69, 9.17) is 37.9 Å². The maximum Gasteiger partial charge on any atom is 0.187 e. The molecule has 6 rings (SSSR count). The first kappa shape index (κ1) is 48.9. The minimum atomic E-state index is -1.67. The summed E-state index contributed by atoms with van der Waals surface area (Å²) in [6.45, 7) is 5.02. The summed E-state index contributed by atoms with van der Waals surface area (Å²) >= 11 is 0. The molecule has 0 aromatic heterocycles. The Morgan fingerprint density at radius 3 is 1.69 bits per heavy atom. The van der Waals surface area contributed by atoms with Gasteiger partial charge in [-0.3, -0.25) is 0 Å². The second kappa shape index (κ2) is 20.3. The molecule has 2 aliphatic carbocycles. The Kier molecular flexibility index (Phi) is 16.3. The SMILES string of the molecule is C=C(OCC1OC(C(CO)OC2OC(C(O)CO)C(O)C2O)C(O)C1O)C1CCC2(C)CC(OC3OC(C(CO)OC4OC(C(O)CO)C(O)C4O)C(O)C3O)C=C(C)C2C1. The molecule has 352 valence electrons. The molecular weight excluding hydrogens is 820 g/mol. The molecule has 24 atom stereocenters. The number of ether oxygens (including phenoxy) is 8. The van der Waals surface area contributed by atoms with Crippen molar-refractivity contribution in [2.45, 2.75) is 168 Å². The molecule has 0 aromatic rings. The molecular formula is C39H64O22. The zero-order valence-electron chi connectivity index (χ0n) is 34.0. The number of hydrogen-bond acceptors (Lipinski definition) is 22. The first-order valence-corrected chi connectivity index (χ1v) is 20.7. The lowest BCUT2D eigenvalue weighted by Crippen LogP contribution is -2.46. The quantitative estimate of drug-likeness (QED) is 0.0450. The average molecular weight is 885 g/mol. The van der Waals surface area contributed by atoms with E-state index in [0.717, 1.165) is 12.0 Å². The maximum absolute atomic E-state index is 10.9. The standard InChI is InChI=1S/C39H64O22/c1-14-6-17(55-36-31(53)28(50)35(61-36)22(12-43)58-38-30(52)27(49)33(60-38)20(45)10-41)8-39(3)5-4-16(7-18(14)39)15(2)54-13-23-24(46)25(47)34(56-23)21(11-42)57-37-29(51)26(48)32(59-37)19(44)9-40/h6,16-38,40-53H,2,4-5,7-13H2,1,3H3. The Balaban J connectivity index is 0.999. The molecule has 14 N–H and O–H groups in total. The van der Waals surface area contributed by atoms with Gasteiger partial charge in [0.25, 0.3) is 0 Å². The lowest BCUT2D eigenvalue weighted by molar-refractivity contribution is -0.247. The smallest absolute Gasteiger partial charge is 0.187 e. The van der Waals surface area contributed by atoms with Crippen LogP contribution in [-0.4, -0.2) is 233 Å². The Morgan fingerprint density at radius 1 is 0.689 bits per heavy atom. The molecule has 1 saturated carbocycles. The fourth-order valence-corrected chi connectivity index (χ4v) is 9.65. The Morgan fingerprint density at radius 2 is 1.16 bits per heavy atom. The van der Waals surface area contributed by atoms with Gasteiger partial charge in [-0.25, -0.2) is 0 Å². The van der Waals surface area contributed by atoms with Crippen LogP contribution < -0.4 is 0 Å². The zero-order valence-corrected chi connectivity index (χ0v) is 34.0. The Bertz CT molecular complexity index is 1470. The van der Waals surface area contributed by atoms with E-state index < -0.39 is 155 Å². The van der Waals surface area contributed by atoms with Crippen LogP contribution in [0.5, 0.6) is 0 Å². The highest BCUT2D eigenvalue weighted by Crippen LogP contribution is 2.54. The third-order valence-corrected chi connectivity index (χ3v) is 13.3. The van der Waals surface area contributed by atoms with Crippen molar-refractivity contribution < 1.29 is 109 Å². The average Bonchev–Trinajstić information content (AvgIpc) is 3.89. The monoisotopic (exact) mass is 884 g/mol. The predicted molar refractivity (Wildman–Crippen MR) is 200 cm³/mol. The largest absolute Gasteiger partial charge is 0.495 e. The second-order valence-electron chi connectivity index (χ2n) is 17.4. The Hall–Kier alpha value is -1.56. The normalized spacial score (nSPS) is 47.1. The van der Waals surface area contributed by atoms with E-state index in [2.05, 4.69) is 13.5 Å². The van der Waals surface area contributed by atoms with Crippen molar-refractivity contribution in [2.75, 3.05) is 33.0 Å². The Labute approximate surface area is 351 Å². The lowest BCUT2D eigenvalue weighted by Gasteiger charge is -2.49. The van der Waals surface area contributed by atoms with Crippen LogP contribution in [0.1, 0.15) is 39.5 Å². The van der Waals surface area contributed by atoms with E-state index in [0.29, 0.717) is 25.0 Å². The van der Waals surface area contributed by atoms with Gasteiger partial charge in [-0.15, -0.1) is 0 Å². The lowest BCUT2D eigenvalue weighted by atomic mass is 9.57. The zero-order chi connectivity index (χ0) is 44.7. The summed E-state index contributed by atoms with van der Waals surface area (Å²) in [6, 6.07) is 0. The van der Waals surface area contributed by atoms with Crippen molar-refractivity contribution in [1.29, 1.82) is 0 Å². The van der Waals surface area contributed by atoms with Crippen LogP contribution in [0.3, 0.4) is 0 Å². The molecule has 22 nitrogen and oxygen atoms in total. The molecule has 0 bridgehead atoms. The first-order valence-electron chi connectivity index (χ1n) is 20.7. The molecule has 0 aromatic carbocycles. The van der Waals surface area contributed by atoms with E-state index in [1.165, 1.54) is 0 Å². The second-order valence-corrected chi connectivity index (χ2v) is 17.4. The fraction of sp³-hybridized carbons (Fsp3) is 0.897. The summed E-state index contributed by atoms with van der Waals surface area (Å²) in [5.41, 5.74) is 0.731. The van der Waals surface area contributed by atoms with Crippen LogP contribution in [0.15, 0.2) is 24.0 Å². The van der Waals surface area contributed by atoms with Crippen LogP contribution in [0, 0.1) is 17.3 Å². The van der Waals surface area contributed by atoms with Crippen molar-refractivity contribution in [3.63, 3.8) is 0 Å². The molecule has 4 aliphatic heterocycles. The first-order chi connectivity index (χ1) is 28.9. The molecule has 0 amide bonds. The number of fused-ring (bicyclic) bond motifs is 1. The van der Waals surface area contributed by atoms with Crippen molar-refractivity contribution in [1.82, 2.24) is 0 Å². The highest BCUT2D eigenvalue weighted by atomic mass is 16.8. The van der Waals surface area contributed by atoms with Gasteiger partial charge >= 0.3 is 0 Å². The van der Waals surface area contributed by atoms with E-state index in [-0.39, 0.29) is 23.9 Å². The molecule has 22 heteroatoms. The minimum absolute atomic E-state index is 0.0690. The molecule has 24 unspecified atom stereocenters. The topological polar surface area (TPSA) is 357 Å². The molecule has 6 aliphatic rings. The number of hydrogen-bond donors (Lipinski definition) is 14. The summed E-state index contributed by atoms with van der Waals surface area (Å²) in [4.78, 5) is 0. The number of aliphatic hydroxyl groups excluding tert-OH is 14. The van der Waals surface area contributed by atoms with Crippen molar-refractivity contribution in [3.05, 3.63) is 24.0 Å². The fourth-order valence-electron chi connectivity index (χ4n) is 9.65. The molecule has 0 radical (unpaired) electrons. The van der Waals surface area contributed by atoms with Gasteiger partial charge in [0.15, 0.2) is 18.9 Å². The van der Waals surface area contributed by atoms with Crippen LogP contribution in [0.25, 0.3) is 0 Å². The van der Waals surface area contributed by atoms with Crippen LogP contribution in [-0.2, 0) is 37.9 Å². The van der Waals surface area contributed by atoms with Crippen LogP contribution >= 0.6 is 0 Å². The highest BCUT2D eigenvalue weighted by molar-refractivity contribution is 5.20. The summed E-state index contributed by atoms with van der Waals surface area (Å²) in [6.07, 6.45) is -25.4. The predicted octanol–water partition coefficient (Wildman–Crippen LogP) is -6.03. The summed E-state index contributed by atoms with van der Waals surface area (Å²) in [5.74, 6) is 0.410. The van der Waals surface area contributed by atoms with Crippen LogP contribution in [0.2, 0.25) is 0 Å². The van der Waals surface area contributed by atoms with Gasteiger partial charge < -0.3 is 109 Å². The van der Waals surface area contributed by atoms with Crippen molar-refractivity contribution in [2.24, 2.45) is 17.3 Å². The van der Waals surface area contributed by atoms with E-state index in [1.807, 2.05) is 13.0 Å². The highest BCUT2D eigenvalue weighted by Gasteiger charge is 2.55. The number of rotatable bonds is 18. The third kappa shape index (κ3) is 10.0. The summed E-state index contributed by atoms with van der Waals surface area (Å²) < 4.78 is 45.9. The van der Waals surface area contributed by atoms with Gasteiger partial charge in [0.05, 0.1) is 38.3 Å². The van der Waals surface area contributed by atoms with Crippen molar-refractivity contribution >= 4 is 0 Å². The van der Waals surface area contributed by atoms with Crippen molar-refractivity contribution in [3.8, 4) is 0 Å².